The van der Waals surface area contributed by atoms with Gasteiger partial charge in [-0.1, -0.05) is 66.7 Å². The van der Waals surface area contributed by atoms with Gasteiger partial charge in [-0.15, -0.1) is 5.10 Å². The highest BCUT2D eigenvalue weighted by Gasteiger charge is 2.66. The molecule has 5 atom stereocenters. The van der Waals surface area contributed by atoms with Gasteiger partial charge in [-0.3, -0.25) is 19.4 Å². The molecule has 2 aromatic heterocycles. The number of aliphatic hydroxyl groups excluding tert-OH is 1. The van der Waals surface area contributed by atoms with Crippen LogP contribution in [-0.2, 0) is 28.2 Å². The Bertz CT molecular complexity index is 2380. The number of anilines is 1. The maximum atomic E-state index is 15.0. The molecule has 1 unspecified atom stereocenters. The molecule has 1 spiro atoms. The van der Waals surface area contributed by atoms with E-state index < -0.39 is 20.0 Å². The van der Waals surface area contributed by atoms with Crippen molar-refractivity contribution in [2.75, 3.05) is 18.6 Å². The van der Waals surface area contributed by atoms with Crippen molar-refractivity contribution in [3.8, 4) is 11.4 Å². The van der Waals surface area contributed by atoms with Crippen molar-refractivity contribution in [1.29, 1.82) is 0 Å². The first-order chi connectivity index (χ1) is 26.0. The molecule has 4 aromatic carbocycles. The van der Waals surface area contributed by atoms with E-state index in [9.17, 15) is 14.7 Å². The molecule has 1 saturated heterocycles. The third-order valence-corrected chi connectivity index (χ3v) is 13.7. The number of nitrogens with zero attached hydrogens (tertiary/aromatic N) is 5. The molecule has 8 rings (SSSR count). The van der Waals surface area contributed by atoms with Gasteiger partial charge in [-0.05, 0) is 73.1 Å². The maximum absolute atomic E-state index is 15.0. The summed E-state index contributed by atoms with van der Waals surface area (Å²) in [7, 11) is -1.32. The number of carbonyl (C=O) groups is 1. The summed E-state index contributed by atoms with van der Waals surface area (Å²) in [6, 6.07) is 30.3. The number of H-pyrrole nitrogens is 1. The quantitative estimate of drug-likeness (QED) is 0.148. The van der Waals surface area contributed by atoms with Crippen LogP contribution in [0.5, 0.6) is 5.75 Å². The summed E-state index contributed by atoms with van der Waals surface area (Å²) in [6.07, 6.45) is 1.88. The van der Waals surface area contributed by atoms with Crippen LogP contribution in [0.4, 0.5) is 5.69 Å². The van der Waals surface area contributed by atoms with Crippen LogP contribution in [0.2, 0.25) is 18.6 Å². The van der Waals surface area contributed by atoms with Crippen LogP contribution in [0.25, 0.3) is 16.6 Å². The van der Waals surface area contributed by atoms with E-state index in [1.165, 1.54) is 4.68 Å². The van der Waals surface area contributed by atoms with Crippen molar-refractivity contribution in [3.05, 3.63) is 136 Å². The molecule has 12 nitrogen and oxygen atoms in total. The molecular formula is C41H44N6O6Si. The summed E-state index contributed by atoms with van der Waals surface area (Å²) in [5.41, 5.74) is 3.49. The zero-order valence-corrected chi connectivity index (χ0v) is 31.7. The monoisotopic (exact) mass is 744 g/mol. The standard InChI is InChI=1S/C41H44N6O6Si/c1-26-38(54(3,4)51)37(19-20-45-24-35(42-44-45)32(25-48)28-12-6-5-7-13-28)53-41(26)33-22-30(52-2)17-18-36(33)46(40(41)50)23-27-11-10-14-29(21-27)47-39(49)31-15-8-9-16-34(31)43-47/h5-18,21-22,24,26,32,37-38,43,48,51H,19-20,23,25H2,1-4H3/t26-,32?,37+,38-,41+/m1/s1. The summed E-state index contributed by atoms with van der Waals surface area (Å²) < 4.78 is 16.0. The summed E-state index contributed by atoms with van der Waals surface area (Å²) in [5, 5.41) is 22.8. The molecule has 4 heterocycles. The maximum Gasteiger partial charge on any atom is 0.279 e. The molecule has 1 amide bonds. The number of nitrogens with one attached hydrogen (secondary N) is 1. The number of ether oxygens (including phenoxy) is 2. The van der Waals surface area contributed by atoms with E-state index in [0.717, 1.165) is 22.3 Å². The molecule has 2 aliphatic heterocycles. The van der Waals surface area contributed by atoms with Crippen molar-refractivity contribution in [3.63, 3.8) is 0 Å². The Balaban J connectivity index is 1.10. The molecule has 278 valence electrons. The second-order valence-electron chi connectivity index (χ2n) is 14.9. The van der Waals surface area contributed by atoms with Gasteiger partial charge in [0.25, 0.3) is 11.5 Å². The second-order valence-corrected chi connectivity index (χ2v) is 18.9. The van der Waals surface area contributed by atoms with Crippen molar-refractivity contribution in [1.82, 2.24) is 24.8 Å². The lowest BCUT2D eigenvalue weighted by atomic mass is 9.82. The van der Waals surface area contributed by atoms with Crippen molar-refractivity contribution in [2.24, 2.45) is 5.92 Å². The predicted octanol–water partition coefficient (Wildman–Crippen LogP) is 5.48. The summed E-state index contributed by atoms with van der Waals surface area (Å²) in [6.45, 7) is 6.41. The number of methoxy groups -OCH3 is 1. The Hall–Kier alpha value is -5.34. The zero-order valence-electron chi connectivity index (χ0n) is 30.7. The Morgan fingerprint density at radius 1 is 1.00 bits per heavy atom. The number of aliphatic hydroxyl groups is 1. The molecular weight excluding hydrogens is 701 g/mol. The molecule has 6 aromatic rings. The second kappa shape index (κ2) is 13.8. The van der Waals surface area contributed by atoms with E-state index in [-0.39, 0.29) is 42.0 Å². The SMILES string of the molecule is COc1ccc2c(c1)[C@]1(O[C@@H](CCn3cc(C(CO)c4ccccc4)nn3)[C@H]([Si](C)(C)O)[C@H]1C)C(=O)N2Cc1cccc(-n2[nH]c3ccccc3c2=O)c1. The van der Waals surface area contributed by atoms with Crippen molar-refractivity contribution >= 4 is 30.8 Å². The number of aryl methyl sites for hydroxylation is 1. The van der Waals surface area contributed by atoms with Gasteiger partial charge < -0.3 is 24.3 Å². The average molecular weight is 745 g/mol. The fourth-order valence-electron chi connectivity index (χ4n) is 8.72. The lowest BCUT2D eigenvalue weighted by Crippen LogP contribution is -2.46. The Kier molecular flexibility index (Phi) is 9.13. The molecule has 2 aliphatic rings. The number of rotatable bonds is 11. The molecule has 0 radical (unpaired) electrons. The minimum atomic E-state index is -2.92. The largest absolute Gasteiger partial charge is 0.497 e. The van der Waals surface area contributed by atoms with E-state index in [1.807, 2.05) is 117 Å². The molecule has 0 aliphatic carbocycles. The molecule has 1 fully saturated rings. The van der Waals surface area contributed by atoms with Gasteiger partial charge in [0.05, 0.1) is 60.3 Å². The molecule has 0 bridgehead atoms. The van der Waals surface area contributed by atoms with Crippen LogP contribution < -0.4 is 15.2 Å². The molecule has 3 N–H and O–H groups in total. The number of hydrogen-bond acceptors (Lipinski definition) is 8. The van der Waals surface area contributed by atoms with Gasteiger partial charge in [-0.25, -0.2) is 4.68 Å². The van der Waals surface area contributed by atoms with Crippen LogP contribution in [0.1, 0.15) is 41.6 Å². The fraction of sp³-hybridized carbons (Fsp3) is 0.317. The van der Waals surface area contributed by atoms with Gasteiger partial charge in [0.2, 0.25) is 0 Å². The first-order valence-electron chi connectivity index (χ1n) is 18.3. The highest BCUT2D eigenvalue weighted by molar-refractivity contribution is 6.71. The predicted molar refractivity (Wildman–Crippen MR) is 207 cm³/mol. The Labute approximate surface area is 313 Å². The van der Waals surface area contributed by atoms with Crippen LogP contribution >= 0.6 is 0 Å². The first kappa shape index (κ1) is 35.7. The summed E-state index contributed by atoms with van der Waals surface area (Å²) >= 11 is 0. The fourth-order valence-corrected chi connectivity index (χ4v) is 11.3. The lowest BCUT2D eigenvalue weighted by Gasteiger charge is -2.32. The van der Waals surface area contributed by atoms with E-state index >= 15 is 4.79 Å². The van der Waals surface area contributed by atoms with Gasteiger partial charge in [0, 0.05) is 29.8 Å². The van der Waals surface area contributed by atoms with E-state index in [2.05, 4.69) is 15.4 Å². The van der Waals surface area contributed by atoms with E-state index in [0.29, 0.717) is 41.0 Å². The molecule has 0 saturated carbocycles. The van der Waals surface area contributed by atoms with Gasteiger partial charge in [0.15, 0.2) is 13.9 Å². The smallest absolute Gasteiger partial charge is 0.279 e. The number of fused-ring (bicyclic) bond motifs is 3. The number of amides is 1. The number of aromatic nitrogens is 5. The Morgan fingerprint density at radius 2 is 1.78 bits per heavy atom. The first-order valence-corrected chi connectivity index (χ1v) is 21.3. The third kappa shape index (κ3) is 5.97. The third-order valence-electron chi connectivity index (χ3n) is 11.2. The van der Waals surface area contributed by atoms with Crippen LogP contribution in [-0.4, -0.2) is 68.7 Å². The highest BCUT2D eigenvalue weighted by atomic mass is 28.4. The lowest BCUT2D eigenvalue weighted by molar-refractivity contribution is -0.146. The van der Waals surface area contributed by atoms with Crippen LogP contribution in [0, 0.1) is 5.92 Å². The van der Waals surface area contributed by atoms with E-state index in [4.69, 9.17) is 9.47 Å². The topological polar surface area (TPSA) is 148 Å². The van der Waals surface area contributed by atoms with E-state index in [1.54, 1.807) is 22.8 Å². The summed E-state index contributed by atoms with van der Waals surface area (Å²) in [4.78, 5) is 41.9. The number of aromatic amines is 1. The normalized spacial score (nSPS) is 21.6. The average Bonchev–Trinajstić information content (AvgIpc) is 3.91. The number of benzene rings is 4. The van der Waals surface area contributed by atoms with Gasteiger partial charge >= 0.3 is 0 Å². The number of para-hydroxylation sites is 1. The van der Waals surface area contributed by atoms with Gasteiger partial charge in [-0.2, -0.15) is 0 Å². The van der Waals surface area contributed by atoms with Crippen molar-refractivity contribution < 1.29 is 24.2 Å². The minimum absolute atomic E-state index is 0.103. The van der Waals surface area contributed by atoms with Crippen molar-refractivity contribution in [2.45, 2.75) is 62.7 Å². The molecule has 13 heteroatoms. The van der Waals surface area contributed by atoms with Gasteiger partial charge in [0.1, 0.15) is 5.75 Å². The summed E-state index contributed by atoms with van der Waals surface area (Å²) in [5.74, 6) is -0.266. The van der Waals surface area contributed by atoms with Crippen LogP contribution in [0.15, 0.2) is 108 Å². The minimum Gasteiger partial charge on any atom is -0.497 e. The highest BCUT2D eigenvalue weighted by Crippen LogP contribution is 2.60. The number of carbonyl (C=O) groups excluding carboxylic acids is 1. The Morgan fingerprint density at radius 3 is 2.52 bits per heavy atom. The van der Waals surface area contributed by atoms with Crippen LogP contribution in [0.3, 0.4) is 0 Å². The number of hydrogen-bond donors (Lipinski definition) is 3. The molecule has 54 heavy (non-hydrogen) atoms. The zero-order chi connectivity index (χ0) is 37.8.